The molecule has 3 aromatic carbocycles. The zero-order valence-corrected chi connectivity index (χ0v) is 25.0. The minimum atomic E-state index is -0.313. The lowest BCUT2D eigenvalue weighted by Gasteiger charge is -2.27. The van der Waals surface area contributed by atoms with Gasteiger partial charge in [0.05, 0.1) is 23.8 Å². The third-order valence-electron chi connectivity index (χ3n) is 6.65. The van der Waals surface area contributed by atoms with Crippen LogP contribution in [0.3, 0.4) is 0 Å². The molecule has 5 rings (SSSR count). The molecule has 0 unspecified atom stereocenters. The second kappa shape index (κ2) is 13.3. The highest BCUT2D eigenvalue weighted by Gasteiger charge is 2.28. The third-order valence-corrected chi connectivity index (χ3v) is 8.37. The van der Waals surface area contributed by atoms with Gasteiger partial charge in [-0.25, -0.2) is 9.79 Å². The number of carbonyl (C=O) groups is 1. The van der Waals surface area contributed by atoms with Crippen LogP contribution in [0.25, 0.3) is 0 Å². The molecule has 0 fully saturated rings. The van der Waals surface area contributed by atoms with Gasteiger partial charge >= 0.3 is 5.97 Å². The van der Waals surface area contributed by atoms with Crippen LogP contribution in [0.15, 0.2) is 82.3 Å². The van der Waals surface area contributed by atoms with E-state index in [1.807, 2.05) is 55.5 Å². The van der Waals surface area contributed by atoms with E-state index in [1.54, 1.807) is 24.7 Å². The molecule has 0 atom stereocenters. The van der Waals surface area contributed by atoms with Gasteiger partial charge in [0.25, 0.3) is 0 Å². The topological polar surface area (TPSA) is 60.4 Å². The van der Waals surface area contributed by atoms with Crippen molar-refractivity contribution in [3.05, 3.63) is 110 Å². The van der Waals surface area contributed by atoms with E-state index in [9.17, 15) is 4.79 Å². The average Bonchev–Trinajstić information content (AvgIpc) is 3.34. The molecule has 8 heteroatoms. The number of halogens is 1. The predicted octanol–water partition coefficient (Wildman–Crippen LogP) is 7.58. The molecule has 0 amide bonds. The number of carbonyl (C=O) groups excluding carboxylic acids is 1. The Kier molecular flexibility index (Phi) is 9.31. The molecule has 1 aliphatic rings. The standard InChI is InChI=1S/C32H31BrN2O4S/c1-3-38-32(36)29-25-14-15-35(19-22-10-6-4-7-11-22)20-28(25)40-31(29)34-18-24-16-26(33)30(27(17-24)37-2)39-21-23-12-8-5-9-13-23/h4-13,16-18H,3,14-15,19-21H2,1-2H3. The minimum absolute atomic E-state index is 0.313. The van der Waals surface area contributed by atoms with Crippen LogP contribution < -0.4 is 9.47 Å². The van der Waals surface area contributed by atoms with Gasteiger partial charge in [-0.3, -0.25) is 4.90 Å². The number of nitrogens with zero attached hydrogens (tertiary/aromatic N) is 2. The van der Waals surface area contributed by atoms with Crippen LogP contribution in [0.4, 0.5) is 5.00 Å². The maximum Gasteiger partial charge on any atom is 0.341 e. The fourth-order valence-electron chi connectivity index (χ4n) is 4.74. The molecule has 1 aromatic heterocycles. The van der Waals surface area contributed by atoms with Crippen molar-refractivity contribution in [3.8, 4) is 11.5 Å². The van der Waals surface area contributed by atoms with Crippen molar-refractivity contribution in [2.75, 3.05) is 20.3 Å². The number of aliphatic imine (C=N–C) groups is 1. The van der Waals surface area contributed by atoms with Gasteiger partial charge in [0, 0.05) is 30.7 Å². The predicted molar refractivity (Wildman–Crippen MR) is 163 cm³/mol. The summed E-state index contributed by atoms with van der Waals surface area (Å²) >= 11 is 5.20. The number of benzene rings is 3. The Morgan fingerprint density at radius 3 is 2.50 bits per heavy atom. The molecule has 0 aliphatic carbocycles. The van der Waals surface area contributed by atoms with E-state index >= 15 is 0 Å². The number of thiophene rings is 1. The minimum Gasteiger partial charge on any atom is -0.493 e. The first-order valence-corrected chi connectivity index (χ1v) is 14.8. The number of hydrogen-bond acceptors (Lipinski definition) is 7. The molecule has 1 aliphatic heterocycles. The van der Waals surface area contributed by atoms with Gasteiger partial charge in [0.15, 0.2) is 11.5 Å². The largest absolute Gasteiger partial charge is 0.493 e. The molecule has 0 spiro atoms. The Hall–Kier alpha value is -3.46. The molecular weight excluding hydrogens is 588 g/mol. The zero-order valence-electron chi connectivity index (χ0n) is 22.6. The zero-order chi connectivity index (χ0) is 27.9. The van der Waals surface area contributed by atoms with Crippen molar-refractivity contribution >= 4 is 44.5 Å². The first-order chi connectivity index (χ1) is 19.6. The molecule has 2 heterocycles. The van der Waals surface area contributed by atoms with Gasteiger partial charge in [-0.1, -0.05) is 60.7 Å². The van der Waals surface area contributed by atoms with Crippen LogP contribution in [-0.4, -0.2) is 37.3 Å². The summed E-state index contributed by atoms with van der Waals surface area (Å²) in [7, 11) is 1.62. The summed E-state index contributed by atoms with van der Waals surface area (Å²) in [5.74, 6) is 0.910. The van der Waals surface area contributed by atoms with E-state index in [2.05, 4.69) is 45.1 Å². The van der Waals surface area contributed by atoms with Crippen LogP contribution in [0, 0.1) is 0 Å². The number of fused-ring (bicyclic) bond motifs is 1. The fraction of sp³-hybridized carbons (Fsp3) is 0.250. The summed E-state index contributed by atoms with van der Waals surface area (Å²) in [6.07, 6.45) is 2.55. The van der Waals surface area contributed by atoms with Crippen LogP contribution in [0.1, 0.15) is 44.4 Å². The normalized spacial score (nSPS) is 13.3. The van der Waals surface area contributed by atoms with Gasteiger partial charge in [-0.2, -0.15) is 0 Å². The van der Waals surface area contributed by atoms with E-state index in [0.29, 0.717) is 35.3 Å². The van der Waals surface area contributed by atoms with Crippen LogP contribution in [-0.2, 0) is 30.9 Å². The van der Waals surface area contributed by atoms with Gasteiger partial charge in [-0.05, 0) is 63.7 Å². The van der Waals surface area contributed by atoms with Gasteiger partial charge < -0.3 is 14.2 Å². The Labute approximate surface area is 247 Å². The van der Waals surface area contributed by atoms with E-state index in [1.165, 1.54) is 10.4 Å². The Morgan fingerprint density at radius 2 is 1.80 bits per heavy atom. The quantitative estimate of drug-likeness (QED) is 0.135. The molecule has 0 N–H and O–H groups in total. The van der Waals surface area contributed by atoms with E-state index in [-0.39, 0.29) is 5.97 Å². The van der Waals surface area contributed by atoms with Crippen molar-refractivity contribution in [1.29, 1.82) is 0 Å². The fourth-order valence-corrected chi connectivity index (χ4v) is 6.54. The Balaban J connectivity index is 1.39. The van der Waals surface area contributed by atoms with Crippen molar-refractivity contribution in [1.82, 2.24) is 4.90 Å². The number of ether oxygens (including phenoxy) is 3. The van der Waals surface area contributed by atoms with Gasteiger partial charge in [-0.15, -0.1) is 11.3 Å². The van der Waals surface area contributed by atoms with E-state index in [0.717, 1.165) is 47.2 Å². The number of rotatable bonds is 10. The molecule has 0 bridgehead atoms. The number of methoxy groups -OCH3 is 1. The molecule has 206 valence electrons. The molecule has 4 aromatic rings. The maximum atomic E-state index is 13.0. The van der Waals surface area contributed by atoms with E-state index < -0.39 is 0 Å². The van der Waals surface area contributed by atoms with Crippen molar-refractivity contribution < 1.29 is 19.0 Å². The van der Waals surface area contributed by atoms with Crippen LogP contribution in [0.5, 0.6) is 11.5 Å². The van der Waals surface area contributed by atoms with Crippen LogP contribution in [0.2, 0.25) is 0 Å². The molecule has 6 nitrogen and oxygen atoms in total. The second-order valence-corrected chi connectivity index (χ2v) is 11.4. The van der Waals surface area contributed by atoms with E-state index in [4.69, 9.17) is 19.2 Å². The molecule has 0 radical (unpaired) electrons. The summed E-state index contributed by atoms with van der Waals surface area (Å²) in [4.78, 5) is 21.4. The van der Waals surface area contributed by atoms with Gasteiger partial charge in [0.2, 0.25) is 0 Å². The molecule has 0 saturated heterocycles. The van der Waals surface area contributed by atoms with Gasteiger partial charge in [0.1, 0.15) is 11.6 Å². The summed E-state index contributed by atoms with van der Waals surface area (Å²) < 4.78 is 17.9. The SMILES string of the molecule is CCOC(=O)c1c(N=Cc2cc(Br)c(OCc3ccccc3)c(OC)c2)sc2c1CCN(Cc1ccccc1)C2. The van der Waals surface area contributed by atoms with Crippen LogP contribution >= 0.6 is 27.3 Å². The summed E-state index contributed by atoms with van der Waals surface area (Å²) in [5, 5.41) is 0.671. The lowest BCUT2D eigenvalue weighted by molar-refractivity contribution is 0.0526. The number of esters is 1. The second-order valence-electron chi connectivity index (χ2n) is 9.42. The molecule has 40 heavy (non-hydrogen) atoms. The van der Waals surface area contributed by atoms with Crippen molar-refractivity contribution in [3.63, 3.8) is 0 Å². The smallest absolute Gasteiger partial charge is 0.341 e. The first kappa shape index (κ1) is 28.1. The first-order valence-electron chi connectivity index (χ1n) is 13.2. The third kappa shape index (κ3) is 6.63. The Morgan fingerprint density at radius 1 is 1.07 bits per heavy atom. The maximum absolute atomic E-state index is 13.0. The van der Waals surface area contributed by atoms with Crippen molar-refractivity contribution in [2.24, 2.45) is 4.99 Å². The lowest BCUT2D eigenvalue weighted by atomic mass is 10.0. The average molecular weight is 620 g/mol. The molecular formula is C32H31BrN2O4S. The number of hydrogen-bond donors (Lipinski definition) is 0. The highest BCUT2D eigenvalue weighted by Crippen LogP contribution is 2.41. The van der Waals surface area contributed by atoms with Crippen molar-refractivity contribution in [2.45, 2.75) is 33.0 Å². The highest BCUT2D eigenvalue weighted by molar-refractivity contribution is 9.10. The monoisotopic (exact) mass is 618 g/mol. The summed E-state index contributed by atoms with van der Waals surface area (Å²) in [5.41, 5.74) is 4.82. The summed E-state index contributed by atoms with van der Waals surface area (Å²) in [6, 6.07) is 24.3. The lowest BCUT2D eigenvalue weighted by Crippen LogP contribution is -2.29. The highest BCUT2D eigenvalue weighted by atomic mass is 79.9. The molecule has 0 saturated carbocycles. The Bertz CT molecular complexity index is 1490. The summed E-state index contributed by atoms with van der Waals surface area (Å²) in [6.45, 7) is 5.10.